The van der Waals surface area contributed by atoms with E-state index in [9.17, 15) is 9.18 Å². The minimum atomic E-state index is -0.357. The van der Waals surface area contributed by atoms with Crippen molar-refractivity contribution >= 4 is 27.5 Å². The molecule has 0 saturated heterocycles. The number of rotatable bonds is 2. The van der Waals surface area contributed by atoms with E-state index in [1.807, 2.05) is 6.07 Å². The number of para-hydroxylation sites is 1. The molecule has 0 aromatic heterocycles. The van der Waals surface area contributed by atoms with E-state index < -0.39 is 0 Å². The number of hydrogen-bond acceptors (Lipinski definition) is 2. The first-order valence-corrected chi connectivity index (χ1v) is 7.84. The normalized spacial score (nSPS) is 13.7. The van der Waals surface area contributed by atoms with E-state index in [4.69, 9.17) is 4.74 Å². The number of hydrogen-bond donors (Lipinski definition) is 0. The van der Waals surface area contributed by atoms with E-state index in [1.165, 1.54) is 11.0 Å². The number of halogens is 2. The largest absolute Gasteiger partial charge is 0.497 e. The maximum Gasteiger partial charge on any atom is 0.259 e. The van der Waals surface area contributed by atoms with E-state index in [2.05, 4.69) is 15.9 Å². The van der Waals surface area contributed by atoms with Crippen molar-refractivity contribution in [3.63, 3.8) is 0 Å². The Kier molecular flexibility index (Phi) is 4.16. The second kappa shape index (κ2) is 6.08. The van der Waals surface area contributed by atoms with Crippen molar-refractivity contribution in [3.05, 3.63) is 57.8 Å². The van der Waals surface area contributed by atoms with Crippen LogP contribution in [0, 0.1) is 5.82 Å². The molecule has 2 aromatic carbocycles. The highest BCUT2D eigenvalue weighted by atomic mass is 79.9. The van der Waals surface area contributed by atoms with Gasteiger partial charge in [0, 0.05) is 11.0 Å². The van der Waals surface area contributed by atoms with Crippen LogP contribution in [0.1, 0.15) is 22.3 Å². The van der Waals surface area contributed by atoms with Crippen LogP contribution in [-0.4, -0.2) is 19.6 Å². The van der Waals surface area contributed by atoms with Crippen LogP contribution in [0.2, 0.25) is 0 Å². The van der Waals surface area contributed by atoms with Crippen molar-refractivity contribution in [1.82, 2.24) is 0 Å². The lowest BCUT2D eigenvalue weighted by Crippen LogP contribution is -2.36. The third-order valence-corrected chi connectivity index (χ3v) is 4.51. The molecule has 1 amide bonds. The summed E-state index contributed by atoms with van der Waals surface area (Å²) in [6.45, 7) is 0.510. The van der Waals surface area contributed by atoms with Gasteiger partial charge in [0.05, 0.1) is 18.4 Å². The molecule has 2 aromatic rings. The van der Waals surface area contributed by atoms with Gasteiger partial charge in [-0.15, -0.1) is 0 Å². The molecule has 1 heterocycles. The fraction of sp³-hybridized carbons (Fsp3) is 0.235. The molecule has 5 heteroatoms. The van der Waals surface area contributed by atoms with Gasteiger partial charge in [0.1, 0.15) is 11.6 Å². The Bertz CT molecular complexity index is 733. The van der Waals surface area contributed by atoms with Crippen molar-refractivity contribution in [3.8, 4) is 5.75 Å². The first-order chi connectivity index (χ1) is 10.6. The summed E-state index contributed by atoms with van der Waals surface area (Å²) in [4.78, 5) is 14.4. The highest BCUT2D eigenvalue weighted by Gasteiger charge is 2.27. The molecule has 114 valence electrons. The molecule has 0 atom stereocenters. The second-order valence-electron chi connectivity index (χ2n) is 5.15. The minimum absolute atomic E-state index is 0.225. The van der Waals surface area contributed by atoms with Crippen LogP contribution in [0.4, 0.5) is 10.1 Å². The topological polar surface area (TPSA) is 29.5 Å². The number of carbonyl (C=O) groups excluding carboxylic acids is 1. The molecule has 22 heavy (non-hydrogen) atoms. The molecule has 0 bridgehead atoms. The van der Waals surface area contributed by atoms with Crippen LogP contribution in [0.15, 0.2) is 40.9 Å². The van der Waals surface area contributed by atoms with Gasteiger partial charge in [0.2, 0.25) is 0 Å². The number of fused-ring (bicyclic) bond motifs is 1. The molecule has 0 radical (unpaired) electrons. The number of anilines is 1. The van der Waals surface area contributed by atoms with E-state index in [1.54, 1.807) is 31.4 Å². The third-order valence-electron chi connectivity index (χ3n) is 3.82. The standard InChI is InChI=1S/C17H15BrFNO2/c1-22-12-7-8-14(18)13(10-12)17(21)20-9-3-5-11-4-2-6-15(19)16(11)20/h2,4,6-8,10H,3,5,9H2,1H3. The lowest BCUT2D eigenvalue weighted by Gasteiger charge is -2.30. The van der Waals surface area contributed by atoms with E-state index in [0.717, 1.165) is 18.4 Å². The summed E-state index contributed by atoms with van der Waals surface area (Å²) in [6, 6.07) is 10.2. The molecule has 0 aliphatic carbocycles. The van der Waals surface area contributed by atoms with Gasteiger partial charge < -0.3 is 9.64 Å². The van der Waals surface area contributed by atoms with Crippen LogP contribution < -0.4 is 9.64 Å². The highest BCUT2D eigenvalue weighted by molar-refractivity contribution is 9.10. The molecule has 0 saturated carbocycles. The molecular formula is C17H15BrFNO2. The van der Waals surface area contributed by atoms with Gasteiger partial charge in [0.25, 0.3) is 5.91 Å². The number of amides is 1. The smallest absolute Gasteiger partial charge is 0.259 e. The Labute approximate surface area is 136 Å². The maximum absolute atomic E-state index is 14.2. The number of methoxy groups -OCH3 is 1. The van der Waals surface area contributed by atoms with Crippen molar-refractivity contribution < 1.29 is 13.9 Å². The Hall–Kier alpha value is -1.88. The predicted octanol–water partition coefficient (Wildman–Crippen LogP) is 4.19. The van der Waals surface area contributed by atoms with Gasteiger partial charge in [-0.3, -0.25) is 4.79 Å². The molecule has 1 aliphatic rings. The third kappa shape index (κ3) is 2.61. The van der Waals surface area contributed by atoms with Gasteiger partial charge in [-0.05, 0) is 58.6 Å². The molecule has 0 spiro atoms. The summed E-state index contributed by atoms with van der Waals surface area (Å²) in [5.41, 5.74) is 1.74. The minimum Gasteiger partial charge on any atom is -0.497 e. The lowest BCUT2D eigenvalue weighted by atomic mass is 10.0. The second-order valence-corrected chi connectivity index (χ2v) is 6.01. The van der Waals surface area contributed by atoms with Crippen LogP contribution in [0.3, 0.4) is 0 Å². The van der Waals surface area contributed by atoms with Crippen LogP contribution >= 0.6 is 15.9 Å². The van der Waals surface area contributed by atoms with Gasteiger partial charge in [0.15, 0.2) is 0 Å². The molecule has 0 fully saturated rings. The molecule has 0 unspecified atom stereocenters. The van der Waals surface area contributed by atoms with Crippen LogP contribution in [0.5, 0.6) is 5.75 Å². The van der Waals surface area contributed by atoms with Crippen molar-refractivity contribution in [2.75, 3.05) is 18.6 Å². The number of aryl methyl sites for hydroxylation is 1. The first kappa shape index (κ1) is 15.0. The average Bonchev–Trinajstić information content (AvgIpc) is 2.54. The average molecular weight is 364 g/mol. The number of ether oxygens (including phenoxy) is 1. The number of nitrogens with zero attached hydrogens (tertiary/aromatic N) is 1. The van der Waals surface area contributed by atoms with Gasteiger partial charge in [-0.2, -0.15) is 0 Å². The quantitative estimate of drug-likeness (QED) is 0.800. The zero-order valence-electron chi connectivity index (χ0n) is 12.1. The van der Waals surface area contributed by atoms with Crippen LogP contribution in [0.25, 0.3) is 0 Å². The van der Waals surface area contributed by atoms with Gasteiger partial charge in [-0.25, -0.2) is 4.39 Å². The first-order valence-electron chi connectivity index (χ1n) is 7.04. The van der Waals surface area contributed by atoms with Crippen molar-refractivity contribution in [1.29, 1.82) is 0 Å². The fourth-order valence-electron chi connectivity index (χ4n) is 2.75. The lowest BCUT2D eigenvalue weighted by molar-refractivity contribution is 0.0983. The molecule has 3 rings (SSSR count). The fourth-order valence-corrected chi connectivity index (χ4v) is 3.16. The monoisotopic (exact) mass is 363 g/mol. The Morgan fingerprint density at radius 2 is 2.14 bits per heavy atom. The predicted molar refractivity (Wildman–Crippen MR) is 87.1 cm³/mol. The zero-order chi connectivity index (χ0) is 15.7. The number of carbonyl (C=O) groups is 1. The van der Waals surface area contributed by atoms with Gasteiger partial charge >= 0.3 is 0 Å². The van der Waals surface area contributed by atoms with Gasteiger partial charge in [-0.1, -0.05) is 12.1 Å². The van der Waals surface area contributed by atoms with Crippen molar-refractivity contribution in [2.24, 2.45) is 0 Å². The zero-order valence-corrected chi connectivity index (χ0v) is 13.7. The summed E-state index contributed by atoms with van der Waals surface area (Å²) in [5, 5.41) is 0. The van der Waals surface area contributed by atoms with E-state index in [0.29, 0.717) is 28.0 Å². The SMILES string of the molecule is COc1ccc(Br)c(C(=O)N2CCCc3cccc(F)c32)c1. The molecule has 3 nitrogen and oxygen atoms in total. The Balaban J connectivity index is 2.05. The van der Waals surface area contributed by atoms with Crippen molar-refractivity contribution in [2.45, 2.75) is 12.8 Å². The summed E-state index contributed by atoms with van der Waals surface area (Å²) in [5.74, 6) is 0.0127. The van der Waals surface area contributed by atoms with E-state index in [-0.39, 0.29) is 11.7 Å². The summed E-state index contributed by atoms with van der Waals surface area (Å²) >= 11 is 3.39. The molecular weight excluding hydrogens is 349 g/mol. The number of benzene rings is 2. The molecule has 1 aliphatic heterocycles. The van der Waals surface area contributed by atoms with E-state index >= 15 is 0 Å². The Morgan fingerprint density at radius 3 is 2.91 bits per heavy atom. The highest BCUT2D eigenvalue weighted by Crippen LogP contribution is 2.33. The Morgan fingerprint density at radius 1 is 1.32 bits per heavy atom. The summed E-state index contributed by atoms with van der Waals surface area (Å²) < 4.78 is 20.1. The maximum atomic E-state index is 14.2. The summed E-state index contributed by atoms with van der Waals surface area (Å²) in [7, 11) is 1.55. The van der Waals surface area contributed by atoms with Crippen LogP contribution in [-0.2, 0) is 6.42 Å². The molecule has 0 N–H and O–H groups in total. The summed E-state index contributed by atoms with van der Waals surface area (Å²) in [6.07, 6.45) is 1.61.